The van der Waals surface area contributed by atoms with Gasteiger partial charge in [-0.05, 0) is 0 Å². The minimum absolute atomic E-state index is 0.470. The van der Waals surface area contributed by atoms with Gasteiger partial charge < -0.3 is 5.21 Å². The van der Waals surface area contributed by atoms with Crippen molar-refractivity contribution in [2.75, 3.05) is 0 Å². The second-order valence-electron chi connectivity index (χ2n) is 1.53. The summed E-state index contributed by atoms with van der Waals surface area (Å²) in [5, 5.41) is 10.7. The van der Waals surface area contributed by atoms with E-state index in [2.05, 4.69) is 11.6 Å². The van der Waals surface area contributed by atoms with Gasteiger partial charge in [0, 0.05) is 6.08 Å². The molecule has 3 heteroatoms. The van der Waals surface area contributed by atoms with Gasteiger partial charge in [-0.2, -0.15) is 4.73 Å². The molecule has 0 N–H and O–H groups in total. The number of aromatic nitrogens is 2. The monoisotopic (exact) mass is 122 g/mol. The van der Waals surface area contributed by atoms with E-state index in [4.69, 9.17) is 0 Å². The highest BCUT2D eigenvalue weighted by Gasteiger charge is 1.94. The van der Waals surface area contributed by atoms with Gasteiger partial charge in [-0.25, -0.2) is 0 Å². The molecule has 1 aromatic rings. The first-order valence-electron chi connectivity index (χ1n) is 2.50. The van der Waals surface area contributed by atoms with Crippen LogP contribution in [0, 0.1) is 5.21 Å². The summed E-state index contributed by atoms with van der Waals surface area (Å²) in [5.41, 5.74) is 0.470. The van der Waals surface area contributed by atoms with Crippen LogP contribution in [0.15, 0.2) is 25.2 Å². The van der Waals surface area contributed by atoms with Gasteiger partial charge >= 0.3 is 0 Å². The number of rotatable bonds is 1. The topological polar surface area (TPSA) is 39.8 Å². The Kier molecular flexibility index (Phi) is 1.44. The summed E-state index contributed by atoms with van der Waals surface area (Å²) >= 11 is 0. The van der Waals surface area contributed by atoms with Crippen molar-refractivity contribution in [2.24, 2.45) is 0 Å². The maximum absolute atomic E-state index is 10.7. The molecular weight excluding hydrogens is 116 g/mol. The molecule has 0 bridgehead atoms. The number of nitrogens with zero attached hydrogens (tertiary/aromatic N) is 2. The van der Waals surface area contributed by atoms with Gasteiger partial charge in [-0.1, -0.05) is 6.58 Å². The van der Waals surface area contributed by atoms with Gasteiger partial charge in [0.15, 0.2) is 6.20 Å². The van der Waals surface area contributed by atoms with Gasteiger partial charge in [0.1, 0.15) is 0 Å². The molecule has 46 valence electrons. The summed E-state index contributed by atoms with van der Waals surface area (Å²) in [7, 11) is 0. The minimum atomic E-state index is 0.470. The smallest absolute Gasteiger partial charge is 0.234 e. The SMILES string of the molecule is C=Cc1cncc[n+]1[O-]. The van der Waals surface area contributed by atoms with Crippen molar-refractivity contribution in [2.45, 2.75) is 0 Å². The first-order chi connectivity index (χ1) is 4.34. The van der Waals surface area contributed by atoms with Crippen LogP contribution in [0.2, 0.25) is 0 Å². The lowest BCUT2D eigenvalue weighted by Crippen LogP contribution is -2.28. The molecule has 0 unspecified atom stereocenters. The van der Waals surface area contributed by atoms with Gasteiger partial charge in [0.25, 0.3) is 0 Å². The predicted octanol–water partition coefficient (Wildman–Crippen LogP) is 0.358. The predicted molar refractivity (Wildman–Crippen MR) is 33.3 cm³/mol. The highest BCUT2D eigenvalue weighted by molar-refractivity contribution is 5.35. The quantitative estimate of drug-likeness (QED) is 0.398. The molecule has 0 spiro atoms. The van der Waals surface area contributed by atoms with E-state index in [0.717, 1.165) is 0 Å². The van der Waals surface area contributed by atoms with Crippen LogP contribution < -0.4 is 4.73 Å². The molecule has 0 fully saturated rings. The Morgan fingerprint density at radius 3 is 3.00 bits per heavy atom. The third kappa shape index (κ3) is 1.05. The summed E-state index contributed by atoms with van der Waals surface area (Å²) in [5.74, 6) is 0. The molecule has 1 aromatic heterocycles. The summed E-state index contributed by atoms with van der Waals surface area (Å²) in [6.07, 6.45) is 5.68. The van der Waals surface area contributed by atoms with Crippen LogP contribution in [0.3, 0.4) is 0 Å². The fourth-order valence-electron chi connectivity index (χ4n) is 0.504. The first kappa shape index (κ1) is 5.75. The van der Waals surface area contributed by atoms with Crippen molar-refractivity contribution in [3.05, 3.63) is 36.1 Å². The highest BCUT2D eigenvalue weighted by Crippen LogP contribution is 1.86. The third-order valence-electron chi connectivity index (χ3n) is 0.959. The number of hydrogen-bond acceptors (Lipinski definition) is 2. The number of hydrogen-bond donors (Lipinski definition) is 0. The zero-order valence-electron chi connectivity index (χ0n) is 4.82. The fraction of sp³-hybridized carbons (Fsp3) is 0. The minimum Gasteiger partial charge on any atom is -0.618 e. The van der Waals surface area contributed by atoms with Crippen LogP contribution >= 0.6 is 0 Å². The van der Waals surface area contributed by atoms with Gasteiger partial charge in [0.2, 0.25) is 5.69 Å². The van der Waals surface area contributed by atoms with Crippen LogP contribution in [0.1, 0.15) is 5.69 Å². The van der Waals surface area contributed by atoms with Crippen molar-refractivity contribution in [3.8, 4) is 0 Å². The lowest BCUT2D eigenvalue weighted by Gasteiger charge is -1.95. The van der Waals surface area contributed by atoms with Crippen LogP contribution in [0.25, 0.3) is 6.08 Å². The van der Waals surface area contributed by atoms with Gasteiger partial charge in [-0.3, -0.25) is 4.98 Å². The van der Waals surface area contributed by atoms with Crippen molar-refractivity contribution < 1.29 is 4.73 Å². The molecule has 0 saturated heterocycles. The third-order valence-corrected chi connectivity index (χ3v) is 0.959. The lowest BCUT2D eigenvalue weighted by molar-refractivity contribution is -0.608. The molecule has 0 amide bonds. The van der Waals surface area contributed by atoms with E-state index in [1.165, 1.54) is 24.7 Å². The molecule has 0 aliphatic heterocycles. The highest BCUT2D eigenvalue weighted by atomic mass is 16.5. The summed E-state index contributed by atoms with van der Waals surface area (Å²) < 4.78 is 0.708. The molecule has 1 rings (SSSR count). The molecule has 0 atom stereocenters. The fourth-order valence-corrected chi connectivity index (χ4v) is 0.504. The molecule has 0 aliphatic carbocycles. The molecule has 0 saturated carbocycles. The Hall–Kier alpha value is -1.38. The summed E-state index contributed by atoms with van der Waals surface area (Å²) in [6, 6.07) is 0. The van der Waals surface area contributed by atoms with Gasteiger partial charge in [0.05, 0.1) is 12.4 Å². The van der Waals surface area contributed by atoms with Crippen LogP contribution in [-0.2, 0) is 0 Å². The second-order valence-corrected chi connectivity index (χ2v) is 1.53. The Morgan fingerprint density at radius 2 is 2.56 bits per heavy atom. The van der Waals surface area contributed by atoms with E-state index >= 15 is 0 Å². The lowest BCUT2D eigenvalue weighted by atomic mass is 10.4. The maximum Gasteiger partial charge on any atom is 0.234 e. The Morgan fingerprint density at radius 1 is 1.78 bits per heavy atom. The van der Waals surface area contributed by atoms with E-state index in [9.17, 15) is 5.21 Å². The van der Waals surface area contributed by atoms with E-state index in [-0.39, 0.29) is 0 Å². The normalized spacial score (nSPS) is 8.89. The molecular formula is C6H6N2O. The van der Waals surface area contributed by atoms with E-state index < -0.39 is 0 Å². The van der Waals surface area contributed by atoms with Crippen molar-refractivity contribution >= 4 is 6.08 Å². The standard InChI is InChI=1S/C6H6N2O/c1-2-6-5-7-3-4-8(6)9/h2-5H,1H2. The van der Waals surface area contributed by atoms with Gasteiger partial charge in [-0.15, -0.1) is 0 Å². The van der Waals surface area contributed by atoms with E-state index in [1.54, 1.807) is 0 Å². The largest absolute Gasteiger partial charge is 0.618 e. The van der Waals surface area contributed by atoms with Crippen molar-refractivity contribution in [3.63, 3.8) is 0 Å². The van der Waals surface area contributed by atoms with Crippen LogP contribution in [0.5, 0.6) is 0 Å². The molecule has 0 aliphatic rings. The van der Waals surface area contributed by atoms with Crippen molar-refractivity contribution in [1.82, 2.24) is 4.98 Å². The Bertz CT molecular complexity index is 222. The van der Waals surface area contributed by atoms with Crippen molar-refractivity contribution in [1.29, 1.82) is 0 Å². The van der Waals surface area contributed by atoms with E-state index in [0.29, 0.717) is 10.4 Å². The van der Waals surface area contributed by atoms with E-state index in [1.807, 2.05) is 0 Å². The molecule has 1 heterocycles. The zero-order chi connectivity index (χ0) is 6.69. The Balaban J connectivity index is 3.15. The zero-order valence-corrected chi connectivity index (χ0v) is 4.82. The second kappa shape index (κ2) is 2.26. The molecule has 3 nitrogen and oxygen atoms in total. The summed E-state index contributed by atoms with van der Waals surface area (Å²) in [6.45, 7) is 3.43. The average Bonchev–Trinajstić information content (AvgIpc) is 1.89. The molecule has 9 heavy (non-hydrogen) atoms. The van der Waals surface area contributed by atoms with Crippen LogP contribution in [-0.4, -0.2) is 4.98 Å². The van der Waals surface area contributed by atoms with Crippen LogP contribution in [0.4, 0.5) is 0 Å². The Labute approximate surface area is 52.9 Å². The maximum atomic E-state index is 10.7. The first-order valence-corrected chi connectivity index (χ1v) is 2.50. The molecule has 0 aromatic carbocycles. The molecule has 0 radical (unpaired) electrons. The average molecular weight is 122 g/mol. The summed E-state index contributed by atoms with van der Waals surface area (Å²) in [4.78, 5) is 3.72.